The van der Waals surface area contributed by atoms with Gasteiger partial charge in [0, 0.05) is 13.1 Å². The van der Waals surface area contributed by atoms with Crippen molar-refractivity contribution in [2.24, 2.45) is 5.92 Å². The standard InChI is InChI=1S/C23H23NO5/c1-27-20-7-6-18-13-16(4-5-19(18)14-20)15-29-23(26)17-8-10-24(11-9-17)22(25)21-3-2-12-28-21/h2-7,12-14,17H,8-11,15H2,1H3. The van der Waals surface area contributed by atoms with Gasteiger partial charge in [0.05, 0.1) is 19.3 Å². The van der Waals surface area contributed by atoms with E-state index in [1.807, 2.05) is 36.4 Å². The molecule has 0 unspecified atom stereocenters. The van der Waals surface area contributed by atoms with Crippen LogP contribution >= 0.6 is 0 Å². The fourth-order valence-electron chi connectivity index (χ4n) is 3.64. The van der Waals surface area contributed by atoms with Crippen LogP contribution in [-0.4, -0.2) is 37.0 Å². The Labute approximate surface area is 169 Å². The molecule has 0 radical (unpaired) electrons. The number of carbonyl (C=O) groups is 2. The van der Waals surface area contributed by atoms with Crippen LogP contribution in [0.25, 0.3) is 10.8 Å². The fourth-order valence-corrected chi connectivity index (χ4v) is 3.64. The molecular weight excluding hydrogens is 370 g/mol. The van der Waals surface area contributed by atoms with Crippen molar-refractivity contribution in [3.8, 4) is 5.75 Å². The maximum absolute atomic E-state index is 12.5. The Morgan fingerprint density at radius 1 is 1.07 bits per heavy atom. The molecule has 0 spiro atoms. The molecule has 0 saturated carbocycles. The van der Waals surface area contributed by atoms with Gasteiger partial charge in [-0.15, -0.1) is 0 Å². The first kappa shape index (κ1) is 19.1. The molecule has 1 saturated heterocycles. The van der Waals surface area contributed by atoms with Crippen molar-refractivity contribution in [2.75, 3.05) is 20.2 Å². The summed E-state index contributed by atoms with van der Waals surface area (Å²) in [6.45, 7) is 1.29. The number of likely N-dealkylation sites (tertiary alicyclic amines) is 1. The van der Waals surface area contributed by atoms with Crippen molar-refractivity contribution in [3.05, 3.63) is 66.1 Å². The maximum atomic E-state index is 12.5. The molecular formula is C23H23NO5. The molecule has 3 aromatic rings. The molecule has 1 fully saturated rings. The summed E-state index contributed by atoms with van der Waals surface area (Å²) in [6, 6.07) is 15.2. The number of benzene rings is 2. The summed E-state index contributed by atoms with van der Waals surface area (Å²) >= 11 is 0. The topological polar surface area (TPSA) is 69.0 Å². The maximum Gasteiger partial charge on any atom is 0.309 e. The molecule has 1 aliphatic heterocycles. The van der Waals surface area contributed by atoms with Crippen LogP contribution in [0.5, 0.6) is 5.75 Å². The van der Waals surface area contributed by atoms with E-state index in [-0.39, 0.29) is 24.4 Å². The van der Waals surface area contributed by atoms with Crippen molar-refractivity contribution in [1.29, 1.82) is 0 Å². The van der Waals surface area contributed by atoms with E-state index in [2.05, 4.69) is 0 Å². The SMILES string of the molecule is COc1ccc2cc(COC(=O)C3CCN(C(=O)c4ccco4)CC3)ccc2c1. The molecule has 1 aliphatic rings. The Balaban J connectivity index is 1.30. The third-order valence-electron chi connectivity index (χ3n) is 5.34. The minimum absolute atomic E-state index is 0.130. The molecule has 150 valence electrons. The zero-order valence-electron chi connectivity index (χ0n) is 16.3. The van der Waals surface area contributed by atoms with Crippen LogP contribution in [0.15, 0.2) is 59.2 Å². The molecule has 29 heavy (non-hydrogen) atoms. The second kappa shape index (κ2) is 8.39. The fraction of sp³-hybridized carbons (Fsp3) is 0.304. The summed E-state index contributed by atoms with van der Waals surface area (Å²) in [6.07, 6.45) is 2.69. The quantitative estimate of drug-likeness (QED) is 0.612. The van der Waals surface area contributed by atoms with Crippen LogP contribution in [0.3, 0.4) is 0 Å². The number of methoxy groups -OCH3 is 1. The number of piperidine rings is 1. The van der Waals surface area contributed by atoms with E-state index in [4.69, 9.17) is 13.9 Å². The number of hydrogen-bond donors (Lipinski definition) is 0. The third-order valence-corrected chi connectivity index (χ3v) is 5.34. The highest BCUT2D eigenvalue weighted by atomic mass is 16.5. The first-order valence-corrected chi connectivity index (χ1v) is 9.70. The lowest BCUT2D eigenvalue weighted by molar-refractivity contribution is -0.151. The van der Waals surface area contributed by atoms with E-state index in [1.54, 1.807) is 24.1 Å². The van der Waals surface area contributed by atoms with Gasteiger partial charge in [-0.1, -0.05) is 18.2 Å². The number of rotatable bonds is 5. The summed E-state index contributed by atoms with van der Waals surface area (Å²) < 4.78 is 16.0. The Hall–Kier alpha value is -3.28. The lowest BCUT2D eigenvalue weighted by Gasteiger charge is -2.30. The van der Waals surface area contributed by atoms with Gasteiger partial charge in [0.2, 0.25) is 0 Å². The van der Waals surface area contributed by atoms with E-state index < -0.39 is 0 Å². The minimum atomic E-state index is -0.204. The Morgan fingerprint density at radius 3 is 2.55 bits per heavy atom. The van der Waals surface area contributed by atoms with E-state index >= 15 is 0 Å². The van der Waals surface area contributed by atoms with Crippen molar-refractivity contribution < 1.29 is 23.5 Å². The molecule has 0 atom stereocenters. The lowest BCUT2D eigenvalue weighted by atomic mass is 9.97. The van der Waals surface area contributed by atoms with Gasteiger partial charge >= 0.3 is 5.97 Å². The first-order chi connectivity index (χ1) is 14.1. The van der Waals surface area contributed by atoms with Crippen molar-refractivity contribution in [1.82, 2.24) is 4.90 Å². The number of esters is 1. The predicted octanol–water partition coefficient (Wildman–Crippen LogP) is 4.04. The molecule has 2 heterocycles. The van der Waals surface area contributed by atoms with Gasteiger partial charge < -0.3 is 18.8 Å². The molecule has 0 aliphatic carbocycles. The van der Waals surface area contributed by atoms with Crippen molar-refractivity contribution in [2.45, 2.75) is 19.4 Å². The van der Waals surface area contributed by atoms with Crippen LogP contribution in [-0.2, 0) is 16.1 Å². The van der Waals surface area contributed by atoms with Crippen LogP contribution in [0.2, 0.25) is 0 Å². The molecule has 4 rings (SSSR count). The van der Waals surface area contributed by atoms with E-state index in [9.17, 15) is 9.59 Å². The monoisotopic (exact) mass is 393 g/mol. The zero-order valence-corrected chi connectivity index (χ0v) is 16.3. The zero-order chi connectivity index (χ0) is 20.2. The predicted molar refractivity (Wildman–Crippen MR) is 108 cm³/mol. The molecule has 6 nitrogen and oxygen atoms in total. The second-order valence-electron chi connectivity index (χ2n) is 7.20. The summed E-state index contributed by atoms with van der Waals surface area (Å²) in [5, 5.41) is 2.15. The van der Waals surface area contributed by atoms with Gasteiger partial charge in [-0.3, -0.25) is 9.59 Å². The van der Waals surface area contributed by atoms with Crippen LogP contribution in [0.4, 0.5) is 0 Å². The molecule has 0 bridgehead atoms. The first-order valence-electron chi connectivity index (χ1n) is 9.70. The second-order valence-corrected chi connectivity index (χ2v) is 7.20. The summed E-state index contributed by atoms with van der Waals surface area (Å²) in [5.74, 6) is 0.633. The number of furan rings is 1. The van der Waals surface area contributed by atoms with E-state index in [1.165, 1.54) is 6.26 Å². The number of hydrogen-bond acceptors (Lipinski definition) is 5. The highest BCUT2D eigenvalue weighted by Crippen LogP contribution is 2.24. The van der Waals surface area contributed by atoms with Crippen molar-refractivity contribution in [3.63, 3.8) is 0 Å². The van der Waals surface area contributed by atoms with E-state index in [0.29, 0.717) is 31.7 Å². The summed E-state index contributed by atoms with van der Waals surface area (Å²) in [7, 11) is 1.65. The Morgan fingerprint density at radius 2 is 1.83 bits per heavy atom. The van der Waals surface area contributed by atoms with Gasteiger partial charge in [-0.25, -0.2) is 0 Å². The minimum Gasteiger partial charge on any atom is -0.497 e. The molecule has 6 heteroatoms. The van der Waals surface area contributed by atoms with Gasteiger partial charge in [0.25, 0.3) is 5.91 Å². The Bertz CT molecular complexity index is 1000. The summed E-state index contributed by atoms with van der Waals surface area (Å²) in [5.41, 5.74) is 0.946. The highest BCUT2D eigenvalue weighted by Gasteiger charge is 2.29. The van der Waals surface area contributed by atoms with Crippen LogP contribution in [0, 0.1) is 5.92 Å². The lowest BCUT2D eigenvalue weighted by Crippen LogP contribution is -2.40. The summed E-state index contributed by atoms with van der Waals surface area (Å²) in [4.78, 5) is 26.5. The molecule has 1 aromatic heterocycles. The average molecular weight is 393 g/mol. The third kappa shape index (κ3) is 4.26. The molecule has 0 N–H and O–H groups in total. The van der Waals surface area contributed by atoms with Crippen molar-refractivity contribution >= 4 is 22.6 Å². The highest BCUT2D eigenvalue weighted by molar-refractivity contribution is 5.91. The Kier molecular flexibility index (Phi) is 5.51. The van der Waals surface area contributed by atoms with Crippen LogP contribution < -0.4 is 4.74 Å². The number of ether oxygens (including phenoxy) is 2. The van der Waals surface area contributed by atoms with Crippen LogP contribution in [0.1, 0.15) is 29.0 Å². The normalized spacial score (nSPS) is 14.7. The van der Waals surface area contributed by atoms with Gasteiger partial charge in [-0.2, -0.15) is 0 Å². The smallest absolute Gasteiger partial charge is 0.309 e. The average Bonchev–Trinajstić information content (AvgIpc) is 3.31. The molecule has 2 aromatic carbocycles. The largest absolute Gasteiger partial charge is 0.497 e. The van der Waals surface area contributed by atoms with Gasteiger partial charge in [-0.05, 0) is 59.5 Å². The van der Waals surface area contributed by atoms with E-state index in [0.717, 1.165) is 22.1 Å². The number of nitrogens with zero attached hydrogens (tertiary/aromatic N) is 1. The number of carbonyl (C=O) groups excluding carboxylic acids is 2. The molecule has 1 amide bonds. The number of amides is 1. The van der Waals surface area contributed by atoms with Gasteiger partial charge in [0.15, 0.2) is 5.76 Å². The number of fused-ring (bicyclic) bond motifs is 1. The van der Waals surface area contributed by atoms with Gasteiger partial charge in [0.1, 0.15) is 12.4 Å².